The second kappa shape index (κ2) is 4.86. The number of benzene rings is 1. The lowest BCUT2D eigenvalue weighted by atomic mass is 10.1. The highest BCUT2D eigenvalue weighted by molar-refractivity contribution is 5.79. The van der Waals surface area contributed by atoms with Crippen molar-refractivity contribution in [3.05, 3.63) is 35.4 Å². The maximum absolute atomic E-state index is 11.0. The van der Waals surface area contributed by atoms with Gasteiger partial charge in [0.1, 0.15) is 0 Å². The topological polar surface area (TPSA) is 73.1 Å². The Morgan fingerprint density at radius 3 is 2.53 bits per heavy atom. The van der Waals surface area contributed by atoms with Crippen molar-refractivity contribution in [2.45, 2.75) is 25.4 Å². The molecule has 1 fully saturated rings. The van der Waals surface area contributed by atoms with E-state index in [0.29, 0.717) is 6.54 Å². The van der Waals surface area contributed by atoms with Crippen LogP contribution in [0.1, 0.15) is 24.0 Å². The molecule has 90 valence electrons. The number of amides is 1. The molecule has 0 saturated heterocycles. The van der Waals surface area contributed by atoms with Crippen LogP contribution in [-0.4, -0.2) is 33.6 Å². The number of carbonyl (C=O) groups is 1. The lowest BCUT2D eigenvalue weighted by Crippen LogP contribution is -2.30. The minimum Gasteiger partial charge on any atom is -0.465 e. The summed E-state index contributed by atoms with van der Waals surface area (Å²) in [6.07, 6.45) is 2.39. The van der Waals surface area contributed by atoms with E-state index in [1.807, 2.05) is 12.1 Å². The number of nitrogens with zero attached hydrogens (tertiary/aromatic N) is 2. The molecule has 0 unspecified atom stereocenters. The van der Waals surface area contributed by atoms with Crippen molar-refractivity contribution in [2.24, 2.45) is 5.16 Å². The molecule has 0 atom stereocenters. The van der Waals surface area contributed by atoms with Crippen LogP contribution in [0.25, 0.3) is 0 Å². The van der Waals surface area contributed by atoms with E-state index < -0.39 is 6.09 Å². The van der Waals surface area contributed by atoms with Gasteiger partial charge in [0.05, 0.1) is 6.21 Å². The molecule has 1 saturated carbocycles. The molecular weight excluding hydrogens is 220 g/mol. The Labute approximate surface area is 99.0 Å². The Kier molecular flexibility index (Phi) is 3.27. The number of carboxylic acid groups (broad SMARTS) is 1. The Morgan fingerprint density at radius 1 is 1.41 bits per heavy atom. The summed E-state index contributed by atoms with van der Waals surface area (Å²) in [6.45, 7) is 0.413. The Balaban J connectivity index is 2.04. The van der Waals surface area contributed by atoms with Crippen LogP contribution in [0.3, 0.4) is 0 Å². The molecule has 0 aromatic heterocycles. The zero-order valence-electron chi connectivity index (χ0n) is 9.28. The van der Waals surface area contributed by atoms with Gasteiger partial charge in [-0.25, -0.2) is 4.79 Å². The van der Waals surface area contributed by atoms with Crippen molar-refractivity contribution in [3.63, 3.8) is 0 Å². The molecule has 0 heterocycles. The van der Waals surface area contributed by atoms with E-state index in [4.69, 9.17) is 10.3 Å². The Bertz CT molecular complexity index is 424. The quantitative estimate of drug-likeness (QED) is 0.476. The van der Waals surface area contributed by atoms with Crippen LogP contribution in [0.2, 0.25) is 0 Å². The first-order valence-electron chi connectivity index (χ1n) is 5.46. The molecule has 1 aromatic rings. The van der Waals surface area contributed by atoms with Gasteiger partial charge in [-0.3, -0.25) is 0 Å². The third kappa shape index (κ3) is 2.96. The van der Waals surface area contributed by atoms with E-state index in [0.717, 1.165) is 24.0 Å². The van der Waals surface area contributed by atoms with Gasteiger partial charge in [0.2, 0.25) is 0 Å². The summed E-state index contributed by atoms with van der Waals surface area (Å²) >= 11 is 0. The highest BCUT2D eigenvalue weighted by Gasteiger charge is 2.32. The zero-order chi connectivity index (χ0) is 12.3. The maximum atomic E-state index is 11.0. The average Bonchev–Trinajstić information content (AvgIpc) is 3.12. The fraction of sp³-hybridized carbons (Fsp3) is 0.333. The van der Waals surface area contributed by atoms with Gasteiger partial charge in [-0.2, -0.15) is 0 Å². The summed E-state index contributed by atoms with van der Waals surface area (Å²) in [5.41, 5.74) is 1.72. The number of rotatable bonds is 4. The molecule has 0 aliphatic heterocycles. The fourth-order valence-electron chi connectivity index (χ4n) is 1.71. The van der Waals surface area contributed by atoms with Gasteiger partial charge in [-0.05, 0) is 24.0 Å². The average molecular weight is 234 g/mol. The van der Waals surface area contributed by atoms with E-state index in [-0.39, 0.29) is 6.04 Å². The van der Waals surface area contributed by atoms with E-state index in [2.05, 4.69) is 5.16 Å². The van der Waals surface area contributed by atoms with Crippen molar-refractivity contribution >= 4 is 12.3 Å². The smallest absolute Gasteiger partial charge is 0.407 e. The van der Waals surface area contributed by atoms with Crippen LogP contribution < -0.4 is 0 Å². The monoisotopic (exact) mass is 234 g/mol. The molecular formula is C12H14N2O3. The van der Waals surface area contributed by atoms with Gasteiger partial charge in [-0.1, -0.05) is 29.4 Å². The van der Waals surface area contributed by atoms with Crippen LogP contribution in [0.15, 0.2) is 29.4 Å². The first kappa shape index (κ1) is 11.4. The highest BCUT2D eigenvalue weighted by Crippen LogP contribution is 2.28. The minimum atomic E-state index is -0.867. The molecule has 1 aliphatic carbocycles. The number of hydrogen-bond acceptors (Lipinski definition) is 3. The standard InChI is InChI=1S/C12H14N2O3/c15-12(16)14(11-5-6-11)8-10-3-1-9(2-4-10)7-13-17/h1-4,7,11,17H,5-6,8H2,(H,15,16)/b13-7+. The molecule has 1 aromatic carbocycles. The van der Waals surface area contributed by atoms with Gasteiger partial charge >= 0.3 is 6.09 Å². The second-order valence-corrected chi connectivity index (χ2v) is 4.13. The van der Waals surface area contributed by atoms with Crippen LogP contribution >= 0.6 is 0 Å². The fourth-order valence-corrected chi connectivity index (χ4v) is 1.71. The van der Waals surface area contributed by atoms with E-state index in [1.165, 1.54) is 11.1 Å². The largest absolute Gasteiger partial charge is 0.465 e. The molecule has 0 spiro atoms. The van der Waals surface area contributed by atoms with Crippen molar-refractivity contribution in [1.29, 1.82) is 0 Å². The summed E-state index contributed by atoms with van der Waals surface area (Å²) in [4.78, 5) is 12.5. The van der Waals surface area contributed by atoms with Gasteiger partial charge in [0.25, 0.3) is 0 Å². The van der Waals surface area contributed by atoms with Crippen molar-refractivity contribution in [2.75, 3.05) is 0 Å². The number of hydrogen-bond donors (Lipinski definition) is 2. The SMILES string of the molecule is O=C(O)N(Cc1ccc(/C=N/O)cc1)C1CC1. The molecule has 0 radical (unpaired) electrons. The first-order chi connectivity index (χ1) is 8.20. The molecule has 0 bridgehead atoms. The molecule has 5 heteroatoms. The molecule has 5 nitrogen and oxygen atoms in total. The molecule has 17 heavy (non-hydrogen) atoms. The van der Waals surface area contributed by atoms with Crippen LogP contribution in [-0.2, 0) is 6.54 Å². The van der Waals surface area contributed by atoms with Crippen molar-refractivity contribution < 1.29 is 15.1 Å². The summed E-state index contributed by atoms with van der Waals surface area (Å²) in [6, 6.07) is 7.46. The summed E-state index contributed by atoms with van der Waals surface area (Å²) < 4.78 is 0. The van der Waals surface area contributed by atoms with E-state index in [9.17, 15) is 4.79 Å². The van der Waals surface area contributed by atoms with Crippen LogP contribution in [0.5, 0.6) is 0 Å². The molecule has 1 amide bonds. The lowest BCUT2D eigenvalue weighted by molar-refractivity contribution is 0.139. The van der Waals surface area contributed by atoms with Crippen LogP contribution in [0.4, 0.5) is 4.79 Å². The molecule has 1 aliphatic rings. The Morgan fingerprint density at radius 2 is 2.06 bits per heavy atom. The minimum absolute atomic E-state index is 0.186. The normalized spacial score (nSPS) is 15.1. The van der Waals surface area contributed by atoms with Crippen LogP contribution in [0, 0.1) is 0 Å². The zero-order valence-corrected chi connectivity index (χ0v) is 9.28. The van der Waals surface area contributed by atoms with Gasteiger partial charge in [0, 0.05) is 12.6 Å². The third-order valence-electron chi connectivity index (χ3n) is 2.77. The lowest BCUT2D eigenvalue weighted by Gasteiger charge is -2.18. The predicted molar refractivity (Wildman–Crippen MR) is 62.4 cm³/mol. The summed E-state index contributed by atoms with van der Waals surface area (Å²) in [5.74, 6) is 0. The molecule has 2 N–H and O–H groups in total. The summed E-state index contributed by atoms with van der Waals surface area (Å²) in [7, 11) is 0. The third-order valence-corrected chi connectivity index (χ3v) is 2.77. The highest BCUT2D eigenvalue weighted by atomic mass is 16.4. The maximum Gasteiger partial charge on any atom is 0.407 e. The second-order valence-electron chi connectivity index (χ2n) is 4.13. The Hall–Kier alpha value is -2.04. The van der Waals surface area contributed by atoms with E-state index in [1.54, 1.807) is 12.1 Å². The van der Waals surface area contributed by atoms with E-state index >= 15 is 0 Å². The van der Waals surface area contributed by atoms with Gasteiger partial charge < -0.3 is 15.2 Å². The van der Waals surface area contributed by atoms with Crippen molar-refractivity contribution in [3.8, 4) is 0 Å². The predicted octanol–water partition coefficient (Wildman–Crippen LogP) is 2.14. The molecule has 2 rings (SSSR count). The van der Waals surface area contributed by atoms with Crippen molar-refractivity contribution in [1.82, 2.24) is 4.90 Å². The summed E-state index contributed by atoms with van der Waals surface area (Å²) in [5, 5.41) is 20.4. The number of oxime groups is 1. The first-order valence-corrected chi connectivity index (χ1v) is 5.46. The van der Waals surface area contributed by atoms with Gasteiger partial charge in [-0.15, -0.1) is 0 Å². The van der Waals surface area contributed by atoms with Gasteiger partial charge in [0.15, 0.2) is 0 Å².